The lowest BCUT2D eigenvalue weighted by Gasteiger charge is -2.54. The van der Waals surface area contributed by atoms with Crippen LogP contribution in [-0.4, -0.2) is 72.6 Å². The van der Waals surface area contributed by atoms with Crippen molar-refractivity contribution >= 4 is 28.9 Å². The monoisotopic (exact) mass is 561 g/mol. The van der Waals surface area contributed by atoms with Gasteiger partial charge < -0.3 is 19.3 Å². The first-order chi connectivity index (χ1) is 19.2. The molecule has 0 radical (unpaired) electrons. The van der Waals surface area contributed by atoms with E-state index in [4.69, 9.17) is 9.40 Å². The topological polar surface area (TPSA) is 122 Å². The Morgan fingerprint density at radius 3 is 2.37 bits per heavy atom. The molecular formula is C31H39N5O5. The van der Waals surface area contributed by atoms with E-state index in [0.717, 1.165) is 11.3 Å². The van der Waals surface area contributed by atoms with Crippen molar-refractivity contribution in [3.05, 3.63) is 46.6 Å². The fourth-order valence-corrected chi connectivity index (χ4v) is 6.98. The number of nitrogens with zero attached hydrogens (tertiary/aromatic N) is 5. The normalized spacial score (nSPS) is 20.2. The summed E-state index contributed by atoms with van der Waals surface area (Å²) in [5, 5.41) is 13.6. The Hall–Kier alpha value is -3.69. The lowest BCUT2D eigenvalue weighted by atomic mass is 9.51. The molecule has 0 aromatic carbocycles. The quantitative estimate of drug-likeness (QED) is 0.477. The highest BCUT2D eigenvalue weighted by molar-refractivity contribution is 6.03. The molecule has 1 aliphatic heterocycles. The first-order valence-corrected chi connectivity index (χ1v) is 14.5. The number of pyridine rings is 1. The highest BCUT2D eigenvalue weighted by Gasteiger charge is 2.49. The van der Waals surface area contributed by atoms with Crippen LogP contribution < -0.4 is 0 Å². The number of rotatable bonds is 4. The van der Waals surface area contributed by atoms with Gasteiger partial charge in [0.2, 0.25) is 0 Å². The molecule has 0 bridgehead atoms. The van der Waals surface area contributed by atoms with E-state index in [1.165, 1.54) is 43.0 Å². The van der Waals surface area contributed by atoms with Crippen LogP contribution >= 0.6 is 0 Å². The summed E-state index contributed by atoms with van der Waals surface area (Å²) in [4.78, 5) is 47.1. The number of hydrogen-bond donors (Lipinski definition) is 1. The standard InChI is InChI=1S/C31H39N5O5/c1-29(2,3)20-12-21(18-14-31(15-18)8-7-9-31)32-22-13-23(41-25(20)22)26(37)36-11-10-35(17-30(36,4)5)27(38)24-19(28(39)40)16-34(6)33-24/h12-13,16,18H,7-11,14-15,17H2,1-6H3,(H,39,40). The third kappa shape index (κ3) is 4.61. The number of carbonyl (C=O) groups is 3. The molecule has 0 unspecified atom stereocenters. The Balaban J connectivity index is 1.25. The van der Waals surface area contributed by atoms with E-state index in [1.54, 1.807) is 22.9 Å². The van der Waals surface area contributed by atoms with Crippen molar-refractivity contribution in [3.8, 4) is 0 Å². The number of carboxylic acid groups (broad SMARTS) is 1. The Bertz CT molecular complexity index is 1560. The molecule has 3 aliphatic rings. The van der Waals surface area contributed by atoms with E-state index in [2.05, 4.69) is 31.9 Å². The minimum absolute atomic E-state index is 0.0980. The van der Waals surface area contributed by atoms with Crippen LogP contribution in [0.3, 0.4) is 0 Å². The molecule has 6 rings (SSSR count). The number of aromatic nitrogens is 3. The van der Waals surface area contributed by atoms with Crippen LogP contribution in [0, 0.1) is 5.41 Å². The zero-order valence-corrected chi connectivity index (χ0v) is 24.8. The second-order valence-electron chi connectivity index (χ2n) is 14.0. The first-order valence-electron chi connectivity index (χ1n) is 14.5. The van der Waals surface area contributed by atoms with Crippen LogP contribution in [0.2, 0.25) is 0 Å². The number of fused-ring (bicyclic) bond motifs is 1. The summed E-state index contributed by atoms with van der Waals surface area (Å²) in [6, 6.07) is 3.96. The second kappa shape index (κ2) is 9.16. The van der Waals surface area contributed by atoms with Gasteiger partial charge in [0.05, 0.1) is 5.54 Å². The zero-order valence-electron chi connectivity index (χ0n) is 24.8. The maximum absolute atomic E-state index is 13.9. The minimum atomic E-state index is -1.20. The highest BCUT2D eigenvalue weighted by atomic mass is 16.4. The summed E-state index contributed by atoms with van der Waals surface area (Å²) < 4.78 is 7.59. The maximum atomic E-state index is 13.9. The summed E-state index contributed by atoms with van der Waals surface area (Å²) in [6.45, 7) is 11.0. The third-order valence-corrected chi connectivity index (χ3v) is 9.41. The van der Waals surface area contributed by atoms with Crippen molar-refractivity contribution in [1.29, 1.82) is 0 Å². The molecule has 41 heavy (non-hydrogen) atoms. The number of carboxylic acids is 1. The van der Waals surface area contributed by atoms with Crippen LogP contribution in [0.15, 0.2) is 22.7 Å². The molecule has 3 aromatic rings. The Kier molecular flexibility index (Phi) is 6.14. The fraction of sp³-hybridized carbons (Fsp3) is 0.581. The second-order valence-corrected chi connectivity index (χ2v) is 14.0. The van der Waals surface area contributed by atoms with Gasteiger partial charge in [-0.1, -0.05) is 27.2 Å². The van der Waals surface area contributed by atoms with Crippen molar-refractivity contribution < 1.29 is 23.9 Å². The van der Waals surface area contributed by atoms with E-state index in [-0.39, 0.29) is 48.0 Å². The minimum Gasteiger partial charge on any atom is -0.478 e. The summed E-state index contributed by atoms with van der Waals surface area (Å²) in [5.41, 5.74) is 2.93. The molecule has 1 saturated heterocycles. The molecule has 2 amide bonds. The number of amides is 2. The van der Waals surface area contributed by atoms with E-state index >= 15 is 0 Å². The van der Waals surface area contributed by atoms with E-state index in [0.29, 0.717) is 22.4 Å². The molecule has 2 saturated carbocycles. The van der Waals surface area contributed by atoms with Crippen molar-refractivity contribution in [1.82, 2.24) is 24.6 Å². The van der Waals surface area contributed by atoms with Gasteiger partial charge in [-0.3, -0.25) is 14.3 Å². The zero-order chi connectivity index (χ0) is 29.5. The number of furan rings is 1. The van der Waals surface area contributed by atoms with Gasteiger partial charge in [0.1, 0.15) is 11.1 Å². The van der Waals surface area contributed by atoms with Crippen LogP contribution in [0.25, 0.3) is 11.1 Å². The number of carbonyl (C=O) groups excluding carboxylic acids is 2. The van der Waals surface area contributed by atoms with Gasteiger partial charge in [-0.2, -0.15) is 5.10 Å². The third-order valence-electron chi connectivity index (χ3n) is 9.41. The van der Waals surface area contributed by atoms with Crippen LogP contribution in [0.5, 0.6) is 0 Å². The Morgan fingerprint density at radius 2 is 1.78 bits per heavy atom. The van der Waals surface area contributed by atoms with Crippen LogP contribution in [0.1, 0.15) is 115 Å². The predicted molar refractivity (Wildman–Crippen MR) is 152 cm³/mol. The maximum Gasteiger partial charge on any atom is 0.339 e. The lowest BCUT2D eigenvalue weighted by Crippen LogP contribution is -2.62. The lowest BCUT2D eigenvalue weighted by molar-refractivity contribution is 0.00766. The highest BCUT2D eigenvalue weighted by Crippen LogP contribution is 2.61. The van der Waals surface area contributed by atoms with Crippen LogP contribution in [0.4, 0.5) is 0 Å². The van der Waals surface area contributed by atoms with Gasteiger partial charge in [0.25, 0.3) is 11.8 Å². The number of aromatic carboxylic acids is 1. The van der Waals surface area contributed by atoms with Gasteiger partial charge >= 0.3 is 5.97 Å². The van der Waals surface area contributed by atoms with Crippen molar-refractivity contribution in [2.24, 2.45) is 12.5 Å². The number of hydrogen-bond acceptors (Lipinski definition) is 6. The smallest absolute Gasteiger partial charge is 0.339 e. The average Bonchev–Trinajstić information content (AvgIpc) is 3.43. The van der Waals surface area contributed by atoms with E-state index < -0.39 is 17.4 Å². The molecule has 1 spiro atoms. The van der Waals surface area contributed by atoms with E-state index in [9.17, 15) is 19.5 Å². The van der Waals surface area contributed by atoms with Gasteiger partial charge in [-0.05, 0) is 56.4 Å². The van der Waals surface area contributed by atoms with Gasteiger partial charge in [0.15, 0.2) is 17.0 Å². The Labute approximate surface area is 239 Å². The molecule has 4 heterocycles. The molecule has 218 valence electrons. The average molecular weight is 562 g/mol. The van der Waals surface area contributed by atoms with Crippen molar-refractivity contribution in [3.63, 3.8) is 0 Å². The number of piperazine rings is 1. The summed E-state index contributed by atoms with van der Waals surface area (Å²) in [5.74, 6) is -1.21. The molecule has 2 aliphatic carbocycles. The Morgan fingerprint density at radius 1 is 1.07 bits per heavy atom. The first kappa shape index (κ1) is 27.5. The molecule has 1 N–H and O–H groups in total. The summed E-state index contributed by atoms with van der Waals surface area (Å²) >= 11 is 0. The fourth-order valence-electron chi connectivity index (χ4n) is 6.98. The summed E-state index contributed by atoms with van der Waals surface area (Å²) in [7, 11) is 1.58. The van der Waals surface area contributed by atoms with Gasteiger partial charge in [0, 0.05) is 56.1 Å². The summed E-state index contributed by atoms with van der Waals surface area (Å²) in [6.07, 6.45) is 7.72. The molecule has 10 nitrogen and oxygen atoms in total. The van der Waals surface area contributed by atoms with Crippen molar-refractivity contribution in [2.45, 2.75) is 83.6 Å². The molecule has 3 aromatic heterocycles. The SMILES string of the molecule is Cn1cc(C(=O)O)c(C(=O)N2CCN(C(=O)c3cc4nc(C5CC6(CCC6)C5)cc(C(C)(C)C)c4o3)C(C)(C)C2)n1. The molecule has 10 heteroatoms. The molecule has 0 atom stereocenters. The molecule has 3 fully saturated rings. The molecular weight excluding hydrogens is 522 g/mol. The number of aryl methyl sites for hydroxylation is 1. The van der Waals surface area contributed by atoms with Crippen molar-refractivity contribution in [2.75, 3.05) is 19.6 Å². The van der Waals surface area contributed by atoms with Gasteiger partial charge in [-0.15, -0.1) is 0 Å². The van der Waals surface area contributed by atoms with Crippen LogP contribution in [-0.2, 0) is 12.5 Å². The largest absolute Gasteiger partial charge is 0.478 e. The predicted octanol–water partition coefficient (Wildman–Crippen LogP) is 4.98. The van der Waals surface area contributed by atoms with E-state index in [1.807, 2.05) is 13.8 Å². The van der Waals surface area contributed by atoms with Gasteiger partial charge in [-0.25, -0.2) is 9.78 Å².